The van der Waals surface area contributed by atoms with Crippen LogP contribution < -0.4 is 11.1 Å². The van der Waals surface area contributed by atoms with Gasteiger partial charge in [0, 0.05) is 31.5 Å². The number of hydrogen-bond donors (Lipinski definition) is 2. The molecule has 1 amide bonds. The highest BCUT2D eigenvalue weighted by Crippen LogP contribution is 2.11. The molecule has 0 saturated heterocycles. The quantitative estimate of drug-likeness (QED) is 0.513. The summed E-state index contributed by atoms with van der Waals surface area (Å²) in [4.78, 5) is 23.4. The molecule has 0 aliphatic heterocycles. The van der Waals surface area contributed by atoms with Gasteiger partial charge in [0.05, 0.1) is 0 Å². The molecule has 0 heterocycles. The molecule has 0 radical (unpaired) electrons. The van der Waals surface area contributed by atoms with Crippen LogP contribution >= 0.6 is 12.4 Å². The molecule has 124 valence electrons. The second-order valence-corrected chi connectivity index (χ2v) is 5.22. The predicted molar refractivity (Wildman–Crippen MR) is 92.5 cm³/mol. The van der Waals surface area contributed by atoms with Gasteiger partial charge in [0.15, 0.2) is 5.78 Å². The number of rotatable bonds is 10. The number of benzene rings is 1. The maximum absolute atomic E-state index is 12.0. The zero-order valence-corrected chi connectivity index (χ0v) is 14.1. The number of halogens is 1. The maximum atomic E-state index is 12.0. The molecule has 22 heavy (non-hydrogen) atoms. The Labute approximate surface area is 139 Å². The molecule has 1 rings (SSSR count). The van der Waals surface area contributed by atoms with Crippen LogP contribution in [0.2, 0.25) is 0 Å². The Hall–Kier alpha value is -1.39. The highest BCUT2D eigenvalue weighted by Gasteiger charge is 2.09. The van der Waals surface area contributed by atoms with E-state index in [1.54, 1.807) is 0 Å². The van der Waals surface area contributed by atoms with E-state index in [0.29, 0.717) is 18.7 Å². The van der Waals surface area contributed by atoms with Crippen molar-refractivity contribution in [3.63, 3.8) is 0 Å². The van der Waals surface area contributed by atoms with E-state index in [0.717, 1.165) is 6.42 Å². The second-order valence-electron chi connectivity index (χ2n) is 5.22. The number of carbonyl (C=O) groups is 2. The van der Waals surface area contributed by atoms with Crippen molar-refractivity contribution in [1.29, 1.82) is 0 Å². The smallest absolute Gasteiger partial charge is 0.220 e. The first-order valence-electron chi connectivity index (χ1n) is 7.76. The van der Waals surface area contributed by atoms with Crippen molar-refractivity contribution in [3.05, 3.63) is 35.4 Å². The monoisotopic (exact) mass is 326 g/mol. The van der Waals surface area contributed by atoms with E-state index < -0.39 is 0 Å². The molecule has 3 N–H and O–H groups in total. The van der Waals surface area contributed by atoms with Crippen LogP contribution in [0.25, 0.3) is 0 Å². The Morgan fingerprint density at radius 2 is 1.77 bits per heavy atom. The van der Waals surface area contributed by atoms with E-state index in [2.05, 4.69) is 12.2 Å². The summed E-state index contributed by atoms with van der Waals surface area (Å²) in [6.45, 7) is 3.06. The van der Waals surface area contributed by atoms with Crippen molar-refractivity contribution in [3.8, 4) is 0 Å². The number of unbranched alkanes of at least 4 members (excludes halogenated alkanes) is 2. The average molecular weight is 327 g/mol. The molecular weight excluding hydrogens is 300 g/mol. The lowest BCUT2D eigenvalue weighted by Gasteiger charge is -2.05. The predicted octanol–water partition coefficient (Wildman–Crippen LogP) is 2.88. The Bertz CT molecular complexity index is 446. The number of nitrogens with two attached hydrogens (primary N) is 1. The van der Waals surface area contributed by atoms with E-state index >= 15 is 0 Å². The fourth-order valence-corrected chi connectivity index (χ4v) is 2.11. The molecule has 1 aromatic carbocycles. The van der Waals surface area contributed by atoms with E-state index in [9.17, 15) is 9.59 Å². The third-order valence-corrected chi connectivity index (χ3v) is 3.39. The summed E-state index contributed by atoms with van der Waals surface area (Å²) >= 11 is 0. The third kappa shape index (κ3) is 8.15. The molecule has 0 unspecified atom stereocenters. The lowest BCUT2D eigenvalue weighted by Crippen LogP contribution is -2.29. The Balaban J connectivity index is 0.00000441. The number of ketones is 1. The summed E-state index contributed by atoms with van der Waals surface area (Å²) in [6, 6.07) is 7.75. The molecule has 1 aromatic rings. The zero-order chi connectivity index (χ0) is 15.5. The standard InChI is InChI=1S/C17H26N2O2.ClH/c1-2-3-4-5-14-6-8-15(9-7-14)16(20)10-11-17(21)19-13-12-18;/h6-9H,2-5,10-13,18H2,1H3,(H,19,21);1H. The van der Waals surface area contributed by atoms with Crippen LogP contribution in [0.5, 0.6) is 0 Å². The number of amides is 1. The molecule has 0 aliphatic carbocycles. The summed E-state index contributed by atoms with van der Waals surface area (Å²) in [5, 5.41) is 2.66. The normalized spacial score (nSPS) is 9.91. The van der Waals surface area contributed by atoms with Gasteiger partial charge in [-0.05, 0) is 18.4 Å². The first-order valence-corrected chi connectivity index (χ1v) is 7.76. The van der Waals surface area contributed by atoms with Crippen LogP contribution in [0.4, 0.5) is 0 Å². The molecule has 5 heteroatoms. The van der Waals surface area contributed by atoms with Crippen molar-refractivity contribution in [2.75, 3.05) is 13.1 Å². The van der Waals surface area contributed by atoms with Crippen molar-refractivity contribution >= 4 is 24.1 Å². The lowest BCUT2D eigenvalue weighted by molar-refractivity contribution is -0.121. The maximum Gasteiger partial charge on any atom is 0.220 e. The Morgan fingerprint density at radius 1 is 1.09 bits per heavy atom. The minimum absolute atomic E-state index is 0. The van der Waals surface area contributed by atoms with Gasteiger partial charge in [-0.15, -0.1) is 12.4 Å². The topological polar surface area (TPSA) is 72.2 Å². The lowest BCUT2D eigenvalue weighted by atomic mass is 10.0. The van der Waals surface area contributed by atoms with Gasteiger partial charge in [0.1, 0.15) is 0 Å². The summed E-state index contributed by atoms with van der Waals surface area (Å²) in [7, 11) is 0. The van der Waals surface area contributed by atoms with Gasteiger partial charge < -0.3 is 11.1 Å². The molecule has 4 nitrogen and oxygen atoms in total. The molecule has 0 atom stereocenters. The number of hydrogen-bond acceptors (Lipinski definition) is 3. The van der Waals surface area contributed by atoms with Crippen LogP contribution in [-0.4, -0.2) is 24.8 Å². The number of carbonyl (C=O) groups excluding carboxylic acids is 2. The van der Waals surface area contributed by atoms with E-state index in [4.69, 9.17) is 5.73 Å². The van der Waals surface area contributed by atoms with Gasteiger partial charge in [-0.2, -0.15) is 0 Å². The minimum atomic E-state index is -0.120. The molecule has 0 fully saturated rings. The molecular formula is C17H27ClN2O2. The Morgan fingerprint density at radius 3 is 2.36 bits per heavy atom. The first-order chi connectivity index (χ1) is 10.2. The molecule has 0 aromatic heterocycles. The number of nitrogens with one attached hydrogen (secondary N) is 1. The van der Waals surface area contributed by atoms with Crippen molar-refractivity contribution < 1.29 is 9.59 Å². The molecule has 0 saturated carbocycles. The van der Waals surface area contributed by atoms with Gasteiger partial charge in [0.2, 0.25) is 5.91 Å². The van der Waals surface area contributed by atoms with Crippen LogP contribution in [0.3, 0.4) is 0 Å². The number of Topliss-reactive ketones (excluding diaryl/α,β-unsaturated/α-hetero) is 1. The van der Waals surface area contributed by atoms with Gasteiger partial charge in [0.25, 0.3) is 0 Å². The zero-order valence-electron chi connectivity index (χ0n) is 13.3. The largest absolute Gasteiger partial charge is 0.355 e. The van der Waals surface area contributed by atoms with Gasteiger partial charge in [-0.1, -0.05) is 44.0 Å². The van der Waals surface area contributed by atoms with Crippen LogP contribution in [0, 0.1) is 0 Å². The second kappa shape index (κ2) is 12.2. The fourth-order valence-electron chi connectivity index (χ4n) is 2.11. The van der Waals surface area contributed by atoms with Gasteiger partial charge >= 0.3 is 0 Å². The molecule has 0 aliphatic rings. The Kier molecular flexibility index (Phi) is 11.4. The summed E-state index contributed by atoms with van der Waals surface area (Å²) in [5.41, 5.74) is 7.25. The van der Waals surface area contributed by atoms with Crippen molar-refractivity contribution in [2.45, 2.75) is 45.4 Å². The van der Waals surface area contributed by atoms with Crippen LogP contribution in [0.15, 0.2) is 24.3 Å². The highest BCUT2D eigenvalue weighted by atomic mass is 35.5. The van der Waals surface area contributed by atoms with Crippen molar-refractivity contribution in [1.82, 2.24) is 5.32 Å². The summed E-state index contributed by atoms with van der Waals surface area (Å²) in [5.74, 6) is -0.108. The summed E-state index contributed by atoms with van der Waals surface area (Å²) < 4.78 is 0. The van der Waals surface area contributed by atoms with E-state index in [-0.39, 0.29) is 36.9 Å². The summed E-state index contributed by atoms with van der Waals surface area (Å²) in [6.07, 6.45) is 5.15. The van der Waals surface area contributed by atoms with Gasteiger partial charge in [-0.3, -0.25) is 9.59 Å². The van der Waals surface area contributed by atoms with Crippen LogP contribution in [0.1, 0.15) is 54.9 Å². The van der Waals surface area contributed by atoms with E-state index in [1.807, 2.05) is 24.3 Å². The molecule has 0 bridgehead atoms. The fraction of sp³-hybridized carbons (Fsp3) is 0.529. The first kappa shape index (κ1) is 20.6. The highest BCUT2D eigenvalue weighted by molar-refractivity contribution is 5.97. The average Bonchev–Trinajstić information content (AvgIpc) is 2.51. The van der Waals surface area contributed by atoms with E-state index in [1.165, 1.54) is 24.8 Å². The van der Waals surface area contributed by atoms with Crippen molar-refractivity contribution in [2.24, 2.45) is 5.73 Å². The number of aryl methyl sites for hydroxylation is 1. The van der Waals surface area contributed by atoms with Crippen LogP contribution in [-0.2, 0) is 11.2 Å². The minimum Gasteiger partial charge on any atom is -0.355 e. The third-order valence-electron chi connectivity index (χ3n) is 3.39. The SMILES string of the molecule is CCCCCc1ccc(C(=O)CCC(=O)NCCN)cc1.Cl. The molecule has 0 spiro atoms. The van der Waals surface area contributed by atoms with Gasteiger partial charge in [-0.25, -0.2) is 0 Å².